The Morgan fingerprint density at radius 3 is 2.57 bits per heavy atom. The Morgan fingerprint density at radius 1 is 1.08 bits per heavy atom. The molecule has 0 saturated carbocycles. The van der Waals surface area contributed by atoms with Crippen molar-refractivity contribution in [3.05, 3.63) is 24.2 Å². The highest BCUT2D eigenvalue weighted by molar-refractivity contribution is 7.98. The van der Waals surface area contributed by atoms with Gasteiger partial charge in [-0.25, -0.2) is 9.50 Å². The maximum absolute atomic E-state index is 12.9. The molecule has 204 valence electrons. The Balaban J connectivity index is 1.22. The van der Waals surface area contributed by atoms with E-state index in [0.29, 0.717) is 19.6 Å². The summed E-state index contributed by atoms with van der Waals surface area (Å²) in [7, 11) is 0. The number of rotatable bonds is 5. The standard InChI is InChI=1S/C25H34F3N5O3S/c1-23(2)35-20-18(13-32-10-4-7-24(32)8-11-31(12-9-24)14-25(26,27)28)34-19(21(20)36-23)16-5-6-17-22(37-3)29-15-30-33(16)17/h5-6,15,18-21H,4,7-14H2,1-3H3/t18-,19+,20-,21+/m1/s1. The number of alkyl halides is 3. The number of ether oxygens (including phenoxy) is 3. The zero-order valence-electron chi connectivity index (χ0n) is 21.4. The number of hydrogen-bond acceptors (Lipinski definition) is 8. The van der Waals surface area contributed by atoms with Gasteiger partial charge >= 0.3 is 6.18 Å². The third-order valence-corrected chi connectivity index (χ3v) is 9.11. The van der Waals surface area contributed by atoms with Gasteiger partial charge < -0.3 is 14.2 Å². The van der Waals surface area contributed by atoms with Crippen molar-refractivity contribution in [1.29, 1.82) is 0 Å². The maximum Gasteiger partial charge on any atom is 0.401 e. The second-order valence-electron chi connectivity index (χ2n) is 11.1. The van der Waals surface area contributed by atoms with Gasteiger partial charge in [0.05, 0.1) is 17.8 Å². The molecular weight excluding hydrogens is 507 g/mol. The minimum atomic E-state index is -4.15. The predicted molar refractivity (Wildman–Crippen MR) is 131 cm³/mol. The average Bonchev–Trinajstić information content (AvgIpc) is 3.58. The molecule has 0 bridgehead atoms. The van der Waals surface area contributed by atoms with E-state index in [0.717, 1.165) is 48.5 Å². The number of hydrogen-bond donors (Lipinski definition) is 0. The van der Waals surface area contributed by atoms with Gasteiger partial charge in [0.1, 0.15) is 35.8 Å². The average molecular weight is 542 g/mol. The van der Waals surface area contributed by atoms with Crippen LogP contribution in [0.15, 0.2) is 23.5 Å². The number of halogens is 3. The molecule has 4 aliphatic heterocycles. The van der Waals surface area contributed by atoms with Crippen molar-refractivity contribution in [3.8, 4) is 0 Å². The highest BCUT2D eigenvalue weighted by Crippen LogP contribution is 2.47. The number of piperidine rings is 1. The summed E-state index contributed by atoms with van der Waals surface area (Å²) in [6, 6.07) is 4.04. The lowest BCUT2D eigenvalue weighted by atomic mass is 9.84. The number of nitrogens with zero attached hydrogens (tertiary/aromatic N) is 5. The van der Waals surface area contributed by atoms with Gasteiger partial charge in [-0.3, -0.25) is 9.80 Å². The minimum Gasteiger partial charge on any atom is -0.362 e. The van der Waals surface area contributed by atoms with Crippen LogP contribution in [0.3, 0.4) is 0 Å². The molecule has 0 aliphatic carbocycles. The molecule has 8 nitrogen and oxygen atoms in total. The smallest absolute Gasteiger partial charge is 0.362 e. The summed E-state index contributed by atoms with van der Waals surface area (Å²) in [5.74, 6) is -0.728. The van der Waals surface area contributed by atoms with Crippen molar-refractivity contribution in [2.24, 2.45) is 0 Å². The fraction of sp³-hybridized carbons (Fsp3) is 0.760. The van der Waals surface area contributed by atoms with E-state index in [2.05, 4.69) is 15.0 Å². The highest BCUT2D eigenvalue weighted by Gasteiger charge is 2.57. The first-order valence-corrected chi connectivity index (χ1v) is 14.2. The first-order valence-electron chi connectivity index (χ1n) is 13.0. The Hall–Kier alpha value is -1.44. The van der Waals surface area contributed by atoms with Crippen LogP contribution in [0, 0.1) is 0 Å². The lowest BCUT2D eigenvalue weighted by Crippen LogP contribution is -2.55. The zero-order valence-corrected chi connectivity index (χ0v) is 22.2. The second kappa shape index (κ2) is 9.34. The van der Waals surface area contributed by atoms with E-state index in [1.807, 2.05) is 36.8 Å². The molecule has 4 saturated heterocycles. The molecule has 0 N–H and O–H groups in total. The molecular formula is C25H34F3N5O3S. The van der Waals surface area contributed by atoms with E-state index in [-0.39, 0.29) is 30.0 Å². The van der Waals surface area contributed by atoms with E-state index >= 15 is 0 Å². The SMILES string of the molecule is CSc1ncnn2c([C@@H]3O[C@H](CN4CCCC45CCN(CC(F)(F)F)CC5)[C@H]4OC(C)(C)O[C@H]43)ccc12. The molecule has 6 rings (SSSR count). The van der Waals surface area contributed by atoms with Crippen molar-refractivity contribution in [2.75, 3.05) is 39.0 Å². The lowest BCUT2D eigenvalue weighted by Gasteiger charge is -2.46. The Labute approximate surface area is 218 Å². The van der Waals surface area contributed by atoms with Crippen LogP contribution in [0.4, 0.5) is 13.2 Å². The summed E-state index contributed by atoms with van der Waals surface area (Å²) < 4.78 is 60.1. The van der Waals surface area contributed by atoms with E-state index in [1.165, 1.54) is 0 Å². The summed E-state index contributed by atoms with van der Waals surface area (Å²) in [6.45, 7) is 5.56. The lowest BCUT2D eigenvalue weighted by molar-refractivity contribution is -0.191. The van der Waals surface area contributed by atoms with Gasteiger partial charge in [-0.2, -0.15) is 18.3 Å². The van der Waals surface area contributed by atoms with Crippen molar-refractivity contribution in [1.82, 2.24) is 24.4 Å². The molecule has 0 radical (unpaired) electrons. The number of thioether (sulfide) groups is 1. The summed E-state index contributed by atoms with van der Waals surface area (Å²) in [5.41, 5.74) is 1.76. The Kier molecular flexibility index (Phi) is 6.52. The highest BCUT2D eigenvalue weighted by atomic mass is 32.2. The monoisotopic (exact) mass is 541 g/mol. The van der Waals surface area contributed by atoms with Crippen molar-refractivity contribution < 1.29 is 27.4 Å². The maximum atomic E-state index is 12.9. The van der Waals surface area contributed by atoms with E-state index in [9.17, 15) is 13.2 Å². The van der Waals surface area contributed by atoms with Crippen molar-refractivity contribution in [2.45, 2.75) is 86.5 Å². The van der Waals surface area contributed by atoms with Crippen molar-refractivity contribution >= 4 is 17.3 Å². The molecule has 0 aromatic carbocycles. The number of likely N-dealkylation sites (tertiary alicyclic amines) is 2. The normalized spacial score (nSPS) is 32.1. The summed E-state index contributed by atoms with van der Waals surface area (Å²) in [5, 5.41) is 5.39. The van der Waals surface area contributed by atoms with E-state index in [4.69, 9.17) is 14.2 Å². The van der Waals surface area contributed by atoms with E-state index in [1.54, 1.807) is 23.0 Å². The van der Waals surface area contributed by atoms with Gasteiger partial charge in [0, 0.05) is 25.2 Å². The molecule has 4 fully saturated rings. The predicted octanol–water partition coefficient (Wildman–Crippen LogP) is 3.90. The topological polar surface area (TPSA) is 64.4 Å². The third-order valence-electron chi connectivity index (χ3n) is 8.41. The van der Waals surface area contributed by atoms with Crippen molar-refractivity contribution in [3.63, 3.8) is 0 Å². The first kappa shape index (κ1) is 25.8. The van der Waals surface area contributed by atoms with Crippen LogP contribution in [0.1, 0.15) is 51.3 Å². The zero-order chi connectivity index (χ0) is 26.0. The molecule has 37 heavy (non-hydrogen) atoms. The summed E-state index contributed by atoms with van der Waals surface area (Å²) in [6.07, 6.45) is 1.85. The van der Waals surface area contributed by atoms with Crippen LogP contribution in [-0.4, -0.2) is 99.2 Å². The molecule has 2 aromatic rings. The molecule has 6 heterocycles. The van der Waals surface area contributed by atoms with Crippen LogP contribution >= 0.6 is 11.8 Å². The third kappa shape index (κ3) is 4.78. The van der Waals surface area contributed by atoms with Gasteiger partial charge in [-0.1, -0.05) is 0 Å². The summed E-state index contributed by atoms with van der Waals surface area (Å²) in [4.78, 5) is 8.37. The Morgan fingerprint density at radius 2 is 1.84 bits per heavy atom. The van der Waals surface area contributed by atoms with Gasteiger partial charge in [0.15, 0.2) is 5.79 Å². The fourth-order valence-electron chi connectivity index (χ4n) is 6.81. The number of fused-ring (bicyclic) bond motifs is 2. The minimum absolute atomic E-state index is 0.0732. The van der Waals surface area contributed by atoms with E-state index < -0.39 is 18.5 Å². The van der Waals surface area contributed by atoms with Crippen LogP contribution in [0.2, 0.25) is 0 Å². The van der Waals surface area contributed by atoms with Gasteiger partial charge in [-0.15, -0.1) is 11.8 Å². The molecule has 1 spiro atoms. The quantitative estimate of drug-likeness (QED) is 0.529. The second-order valence-corrected chi connectivity index (χ2v) is 11.9. The van der Waals surface area contributed by atoms with Crippen LogP contribution in [-0.2, 0) is 14.2 Å². The van der Waals surface area contributed by atoms with Crippen LogP contribution in [0.25, 0.3) is 5.52 Å². The van der Waals surface area contributed by atoms with Crippen LogP contribution in [0.5, 0.6) is 0 Å². The first-order chi connectivity index (χ1) is 17.6. The molecule has 4 aliphatic rings. The van der Waals surface area contributed by atoms with Gasteiger partial charge in [0.25, 0.3) is 0 Å². The molecule has 12 heteroatoms. The van der Waals surface area contributed by atoms with Crippen LogP contribution < -0.4 is 0 Å². The largest absolute Gasteiger partial charge is 0.401 e. The molecule has 0 unspecified atom stereocenters. The van der Waals surface area contributed by atoms with Gasteiger partial charge in [0.2, 0.25) is 0 Å². The number of aromatic nitrogens is 3. The Bertz CT molecular complexity index is 1140. The van der Waals surface area contributed by atoms with Gasteiger partial charge in [-0.05, 0) is 64.5 Å². The molecule has 0 amide bonds. The molecule has 2 aromatic heterocycles. The molecule has 4 atom stereocenters. The summed E-state index contributed by atoms with van der Waals surface area (Å²) >= 11 is 1.57. The fourth-order valence-corrected chi connectivity index (χ4v) is 7.33.